The average molecular weight is 291 g/mol. The lowest BCUT2D eigenvalue weighted by Gasteiger charge is -2.22. The minimum absolute atomic E-state index is 0.0376. The fourth-order valence-corrected chi connectivity index (χ4v) is 1.70. The van der Waals surface area contributed by atoms with Crippen molar-refractivity contribution < 1.29 is 28.2 Å². The normalized spacial score (nSPS) is 13.3. The van der Waals surface area contributed by atoms with Gasteiger partial charge in [0.25, 0.3) is 0 Å². The van der Waals surface area contributed by atoms with Crippen molar-refractivity contribution in [3.63, 3.8) is 0 Å². The Hall–Kier alpha value is -1.76. The molecule has 0 saturated carbocycles. The SMILES string of the molecule is CC(C)C(CO)Nc1ccc(C(F)(F)F)c(C(=O)O)c1. The van der Waals surface area contributed by atoms with Crippen LogP contribution < -0.4 is 5.32 Å². The van der Waals surface area contributed by atoms with Gasteiger partial charge in [0.05, 0.1) is 23.8 Å². The van der Waals surface area contributed by atoms with Crippen LogP contribution in [0.25, 0.3) is 0 Å². The molecule has 1 atom stereocenters. The van der Waals surface area contributed by atoms with Gasteiger partial charge >= 0.3 is 12.1 Å². The molecule has 0 aliphatic heterocycles. The third-order valence-electron chi connectivity index (χ3n) is 2.91. The lowest BCUT2D eigenvalue weighted by Crippen LogP contribution is -2.29. The molecular weight excluding hydrogens is 275 g/mol. The molecule has 1 aromatic carbocycles. The Morgan fingerprint density at radius 3 is 2.35 bits per heavy atom. The van der Waals surface area contributed by atoms with Gasteiger partial charge in [-0.05, 0) is 24.1 Å². The minimum Gasteiger partial charge on any atom is -0.478 e. The second-order valence-corrected chi connectivity index (χ2v) is 4.74. The van der Waals surface area contributed by atoms with Crippen LogP contribution in [0.1, 0.15) is 29.8 Å². The van der Waals surface area contributed by atoms with Crippen LogP contribution in [-0.4, -0.2) is 28.8 Å². The molecule has 4 nitrogen and oxygen atoms in total. The molecule has 3 N–H and O–H groups in total. The zero-order valence-corrected chi connectivity index (χ0v) is 11.0. The topological polar surface area (TPSA) is 69.6 Å². The largest absolute Gasteiger partial charge is 0.478 e. The van der Waals surface area contributed by atoms with Crippen LogP contribution in [0.4, 0.5) is 18.9 Å². The van der Waals surface area contributed by atoms with E-state index in [1.807, 2.05) is 13.8 Å². The molecule has 0 aliphatic carbocycles. The highest BCUT2D eigenvalue weighted by molar-refractivity contribution is 5.91. The molecule has 0 spiro atoms. The zero-order chi connectivity index (χ0) is 15.5. The van der Waals surface area contributed by atoms with Gasteiger partial charge in [-0.25, -0.2) is 4.79 Å². The van der Waals surface area contributed by atoms with Crippen LogP contribution >= 0.6 is 0 Å². The molecule has 0 fully saturated rings. The zero-order valence-electron chi connectivity index (χ0n) is 11.0. The highest BCUT2D eigenvalue weighted by atomic mass is 19.4. The molecule has 0 aromatic heterocycles. The molecule has 7 heteroatoms. The van der Waals surface area contributed by atoms with Crippen molar-refractivity contribution >= 4 is 11.7 Å². The fraction of sp³-hybridized carbons (Fsp3) is 0.462. The number of alkyl halides is 3. The Morgan fingerprint density at radius 2 is 1.95 bits per heavy atom. The number of halogens is 3. The van der Waals surface area contributed by atoms with E-state index in [2.05, 4.69) is 5.32 Å². The number of carboxylic acid groups (broad SMARTS) is 1. The monoisotopic (exact) mass is 291 g/mol. The van der Waals surface area contributed by atoms with Crippen molar-refractivity contribution in [1.82, 2.24) is 0 Å². The summed E-state index contributed by atoms with van der Waals surface area (Å²) in [6.07, 6.45) is -4.72. The Morgan fingerprint density at radius 1 is 1.35 bits per heavy atom. The number of nitrogens with one attached hydrogen (secondary N) is 1. The minimum atomic E-state index is -4.72. The molecule has 112 valence electrons. The summed E-state index contributed by atoms with van der Waals surface area (Å²) >= 11 is 0. The molecule has 0 amide bonds. The Bertz CT molecular complexity index is 486. The predicted molar refractivity (Wildman–Crippen MR) is 67.7 cm³/mol. The lowest BCUT2D eigenvalue weighted by molar-refractivity contribution is -0.138. The average Bonchev–Trinajstić information content (AvgIpc) is 2.33. The number of aromatic carboxylic acids is 1. The maximum Gasteiger partial charge on any atom is 0.417 e. The third-order valence-corrected chi connectivity index (χ3v) is 2.91. The smallest absolute Gasteiger partial charge is 0.417 e. The Kier molecular flexibility index (Phi) is 4.99. The Balaban J connectivity index is 3.14. The van der Waals surface area contributed by atoms with Crippen LogP contribution in [0.15, 0.2) is 18.2 Å². The standard InChI is InChI=1S/C13H16F3NO3/c1-7(2)11(6-18)17-8-3-4-10(13(14,15)16)9(5-8)12(19)20/h3-5,7,11,17-18H,6H2,1-2H3,(H,19,20). The number of carbonyl (C=O) groups is 1. The first-order valence-corrected chi connectivity index (χ1v) is 5.98. The summed E-state index contributed by atoms with van der Waals surface area (Å²) in [6, 6.07) is 2.44. The van der Waals surface area contributed by atoms with E-state index in [1.165, 1.54) is 0 Å². The number of rotatable bonds is 5. The highest BCUT2D eigenvalue weighted by Crippen LogP contribution is 2.33. The molecule has 0 bridgehead atoms. The van der Waals surface area contributed by atoms with Crippen molar-refractivity contribution in [3.8, 4) is 0 Å². The summed E-state index contributed by atoms with van der Waals surface area (Å²) in [5.41, 5.74) is -1.79. The number of hydrogen-bond donors (Lipinski definition) is 3. The lowest BCUT2D eigenvalue weighted by atomic mass is 10.0. The van der Waals surface area contributed by atoms with Crippen molar-refractivity contribution in [2.24, 2.45) is 5.92 Å². The van der Waals surface area contributed by atoms with Gasteiger partial charge in [-0.15, -0.1) is 0 Å². The fourth-order valence-electron chi connectivity index (χ4n) is 1.70. The molecule has 0 radical (unpaired) electrons. The number of hydrogen-bond acceptors (Lipinski definition) is 3. The third kappa shape index (κ3) is 3.86. The summed E-state index contributed by atoms with van der Waals surface area (Å²) in [4.78, 5) is 10.9. The van der Waals surface area contributed by atoms with E-state index in [0.29, 0.717) is 0 Å². The summed E-state index contributed by atoms with van der Waals surface area (Å²) in [7, 11) is 0. The number of aliphatic hydroxyl groups excluding tert-OH is 1. The van der Waals surface area contributed by atoms with Crippen molar-refractivity contribution in [2.75, 3.05) is 11.9 Å². The van der Waals surface area contributed by atoms with Gasteiger partial charge in [-0.1, -0.05) is 13.8 Å². The summed E-state index contributed by atoms with van der Waals surface area (Å²) in [6.45, 7) is 3.45. The molecule has 1 rings (SSSR count). The van der Waals surface area contributed by atoms with Crippen LogP contribution in [0, 0.1) is 5.92 Å². The van der Waals surface area contributed by atoms with Gasteiger partial charge in [0.1, 0.15) is 0 Å². The molecular formula is C13H16F3NO3. The maximum atomic E-state index is 12.7. The quantitative estimate of drug-likeness (QED) is 0.780. The summed E-state index contributed by atoms with van der Waals surface area (Å²) < 4.78 is 38.0. The van der Waals surface area contributed by atoms with Gasteiger partial charge in [-0.3, -0.25) is 0 Å². The predicted octanol–water partition coefficient (Wildman–Crippen LogP) is 2.83. The highest BCUT2D eigenvalue weighted by Gasteiger charge is 2.35. The van der Waals surface area contributed by atoms with Crippen LogP contribution in [0.5, 0.6) is 0 Å². The van der Waals surface area contributed by atoms with Crippen LogP contribution in [0.2, 0.25) is 0 Å². The van der Waals surface area contributed by atoms with Crippen molar-refractivity contribution in [3.05, 3.63) is 29.3 Å². The van der Waals surface area contributed by atoms with Gasteiger partial charge in [-0.2, -0.15) is 13.2 Å². The first-order valence-electron chi connectivity index (χ1n) is 5.98. The van der Waals surface area contributed by atoms with Gasteiger partial charge in [0.2, 0.25) is 0 Å². The Labute approximate surface area is 114 Å². The van der Waals surface area contributed by atoms with E-state index in [4.69, 9.17) is 10.2 Å². The van der Waals surface area contributed by atoms with Gasteiger partial charge in [0, 0.05) is 5.69 Å². The van der Waals surface area contributed by atoms with Crippen LogP contribution in [0.3, 0.4) is 0 Å². The van der Waals surface area contributed by atoms with E-state index in [9.17, 15) is 18.0 Å². The maximum absolute atomic E-state index is 12.7. The van der Waals surface area contributed by atoms with E-state index in [0.717, 1.165) is 18.2 Å². The second kappa shape index (κ2) is 6.13. The number of anilines is 1. The van der Waals surface area contributed by atoms with Gasteiger partial charge in [0.15, 0.2) is 0 Å². The van der Waals surface area contributed by atoms with Crippen molar-refractivity contribution in [1.29, 1.82) is 0 Å². The molecule has 20 heavy (non-hydrogen) atoms. The van der Waals surface area contributed by atoms with E-state index >= 15 is 0 Å². The van der Waals surface area contributed by atoms with Crippen LogP contribution in [-0.2, 0) is 6.18 Å². The van der Waals surface area contributed by atoms with Crippen molar-refractivity contribution in [2.45, 2.75) is 26.1 Å². The van der Waals surface area contributed by atoms with E-state index in [1.54, 1.807) is 0 Å². The second-order valence-electron chi connectivity index (χ2n) is 4.74. The van der Waals surface area contributed by atoms with Gasteiger partial charge < -0.3 is 15.5 Å². The van der Waals surface area contributed by atoms with E-state index < -0.39 is 23.3 Å². The molecule has 0 saturated heterocycles. The number of carboxylic acids is 1. The molecule has 1 aromatic rings. The first-order chi connectivity index (χ1) is 9.16. The number of aliphatic hydroxyl groups is 1. The number of benzene rings is 1. The molecule has 1 unspecified atom stereocenters. The molecule has 0 heterocycles. The van der Waals surface area contributed by atoms with E-state index in [-0.39, 0.29) is 24.3 Å². The summed E-state index contributed by atoms with van der Waals surface area (Å²) in [5, 5.41) is 20.9. The molecule has 0 aliphatic rings. The first kappa shape index (κ1) is 16.3. The summed E-state index contributed by atoms with van der Waals surface area (Å²) in [5.74, 6) is -1.61.